The van der Waals surface area contributed by atoms with Gasteiger partial charge in [0.05, 0.1) is 14.2 Å². The Morgan fingerprint density at radius 3 is 1.94 bits per heavy atom. The number of halogens is 1. The first-order valence-electron chi connectivity index (χ1n) is 6.29. The van der Waals surface area contributed by atoms with E-state index in [2.05, 4.69) is 49.7 Å². The first-order valence-corrected chi connectivity index (χ1v) is 7.20. The summed E-state index contributed by atoms with van der Waals surface area (Å²) in [7, 11) is 3.34. The third-order valence-electron chi connectivity index (χ3n) is 3.58. The van der Waals surface area contributed by atoms with Gasteiger partial charge in [0.1, 0.15) is 0 Å². The van der Waals surface area contributed by atoms with Crippen LogP contribution in [0.2, 0.25) is 0 Å². The Kier molecular flexibility index (Phi) is 5.51. The Morgan fingerprint density at radius 1 is 1.00 bits per heavy atom. The smallest absolute Gasteiger partial charge is 0.161 e. The Bertz CT molecular complexity index is 402. The van der Waals surface area contributed by atoms with Crippen LogP contribution in [-0.2, 0) is 0 Å². The molecule has 1 aromatic rings. The van der Waals surface area contributed by atoms with Crippen molar-refractivity contribution in [2.45, 2.75) is 32.5 Å². The molecule has 0 aromatic heterocycles. The predicted molar refractivity (Wildman–Crippen MR) is 80.0 cm³/mol. The van der Waals surface area contributed by atoms with E-state index in [1.54, 1.807) is 14.2 Å². The summed E-state index contributed by atoms with van der Waals surface area (Å²) in [6.45, 7) is 8.86. The summed E-state index contributed by atoms with van der Waals surface area (Å²) in [6.07, 6.45) is 0. The number of benzene rings is 1. The van der Waals surface area contributed by atoms with Crippen LogP contribution in [0.4, 0.5) is 0 Å². The van der Waals surface area contributed by atoms with E-state index in [1.165, 1.54) is 11.1 Å². The molecule has 0 aliphatic carbocycles. The Labute approximate surface area is 119 Å². The van der Waals surface area contributed by atoms with Crippen LogP contribution in [0.5, 0.6) is 11.5 Å². The van der Waals surface area contributed by atoms with Gasteiger partial charge in [-0.3, -0.25) is 0 Å². The molecule has 0 radical (unpaired) electrons. The van der Waals surface area contributed by atoms with E-state index in [9.17, 15) is 0 Å². The second kappa shape index (κ2) is 6.46. The third kappa shape index (κ3) is 3.19. The minimum absolute atomic E-state index is 0.331. The lowest BCUT2D eigenvalue weighted by Gasteiger charge is -2.24. The van der Waals surface area contributed by atoms with Gasteiger partial charge in [-0.2, -0.15) is 0 Å². The predicted octanol–water partition coefficient (Wildman–Crippen LogP) is 4.74. The van der Waals surface area contributed by atoms with Crippen molar-refractivity contribution >= 4 is 15.9 Å². The van der Waals surface area contributed by atoms with E-state index < -0.39 is 0 Å². The zero-order chi connectivity index (χ0) is 13.9. The van der Waals surface area contributed by atoms with E-state index in [4.69, 9.17) is 9.47 Å². The lowest BCUT2D eigenvalue weighted by atomic mass is 9.89. The van der Waals surface area contributed by atoms with Crippen LogP contribution in [0.3, 0.4) is 0 Å². The normalized spacial score (nSPS) is 14.4. The average Bonchev–Trinajstić information content (AvgIpc) is 2.36. The maximum Gasteiger partial charge on any atom is 0.161 e. The van der Waals surface area contributed by atoms with Crippen molar-refractivity contribution in [2.75, 3.05) is 14.2 Å². The van der Waals surface area contributed by atoms with E-state index in [0.29, 0.717) is 16.7 Å². The minimum Gasteiger partial charge on any atom is -0.493 e. The van der Waals surface area contributed by atoms with Crippen molar-refractivity contribution in [3.63, 3.8) is 0 Å². The summed E-state index contributed by atoms with van der Waals surface area (Å²) in [4.78, 5) is 0.331. The molecule has 2 nitrogen and oxygen atoms in total. The second-order valence-electron chi connectivity index (χ2n) is 5.07. The molecule has 0 aliphatic heterocycles. The van der Waals surface area contributed by atoms with Gasteiger partial charge in [0.15, 0.2) is 11.5 Å². The van der Waals surface area contributed by atoms with E-state index in [1.807, 2.05) is 6.07 Å². The fourth-order valence-corrected chi connectivity index (χ4v) is 3.02. The molecule has 102 valence electrons. The fraction of sp³-hybridized carbons (Fsp3) is 0.600. The number of ether oxygens (including phenoxy) is 2. The van der Waals surface area contributed by atoms with Crippen molar-refractivity contribution in [3.8, 4) is 11.5 Å². The standard InChI is InChI=1S/C15H23BrO2/c1-9(2)11(4)15(16)12-8-14(18-6)13(17-5)7-10(12)3/h7-9,11,15H,1-6H3. The molecule has 2 atom stereocenters. The molecular formula is C15H23BrO2. The molecule has 0 heterocycles. The van der Waals surface area contributed by atoms with Crippen LogP contribution in [0.25, 0.3) is 0 Å². The van der Waals surface area contributed by atoms with Gasteiger partial charge in [0.25, 0.3) is 0 Å². The van der Waals surface area contributed by atoms with Crippen LogP contribution < -0.4 is 9.47 Å². The third-order valence-corrected chi connectivity index (χ3v) is 4.91. The Hall–Kier alpha value is -0.700. The van der Waals surface area contributed by atoms with Crippen LogP contribution >= 0.6 is 15.9 Å². The molecule has 0 spiro atoms. The molecule has 18 heavy (non-hydrogen) atoms. The fourth-order valence-electron chi connectivity index (χ4n) is 1.91. The van der Waals surface area contributed by atoms with Gasteiger partial charge in [-0.15, -0.1) is 0 Å². The number of alkyl halides is 1. The molecule has 0 amide bonds. The van der Waals surface area contributed by atoms with Gasteiger partial charge in [-0.05, 0) is 42.0 Å². The summed E-state index contributed by atoms with van der Waals surface area (Å²) in [6, 6.07) is 4.11. The van der Waals surface area contributed by atoms with Gasteiger partial charge in [0, 0.05) is 4.83 Å². The van der Waals surface area contributed by atoms with Crippen molar-refractivity contribution in [2.24, 2.45) is 11.8 Å². The average molecular weight is 315 g/mol. The Balaban J connectivity index is 3.16. The quantitative estimate of drug-likeness (QED) is 0.731. The summed E-state index contributed by atoms with van der Waals surface area (Å²) < 4.78 is 10.7. The number of hydrogen-bond acceptors (Lipinski definition) is 2. The highest BCUT2D eigenvalue weighted by Crippen LogP contribution is 2.41. The van der Waals surface area contributed by atoms with E-state index in [0.717, 1.165) is 11.5 Å². The highest BCUT2D eigenvalue weighted by molar-refractivity contribution is 9.09. The molecule has 2 unspecified atom stereocenters. The molecule has 3 heteroatoms. The second-order valence-corrected chi connectivity index (χ2v) is 6.06. The van der Waals surface area contributed by atoms with Crippen molar-refractivity contribution in [3.05, 3.63) is 23.3 Å². The van der Waals surface area contributed by atoms with Gasteiger partial charge < -0.3 is 9.47 Å². The molecule has 0 saturated heterocycles. The van der Waals surface area contributed by atoms with Crippen LogP contribution in [0.1, 0.15) is 36.7 Å². The monoisotopic (exact) mass is 314 g/mol. The number of rotatable bonds is 5. The summed E-state index contributed by atoms with van der Waals surface area (Å²) >= 11 is 3.82. The van der Waals surface area contributed by atoms with Crippen LogP contribution in [-0.4, -0.2) is 14.2 Å². The summed E-state index contributed by atoms with van der Waals surface area (Å²) in [5, 5.41) is 0. The van der Waals surface area contributed by atoms with Gasteiger partial charge in [0.2, 0.25) is 0 Å². The van der Waals surface area contributed by atoms with E-state index >= 15 is 0 Å². The number of methoxy groups -OCH3 is 2. The van der Waals surface area contributed by atoms with Crippen molar-refractivity contribution in [1.29, 1.82) is 0 Å². The molecule has 0 saturated carbocycles. The van der Waals surface area contributed by atoms with Gasteiger partial charge >= 0.3 is 0 Å². The summed E-state index contributed by atoms with van der Waals surface area (Å²) in [5.41, 5.74) is 2.50. The van der Waals surface area contributed by atoms with Gasteiger partial charge in [-0.25, -0.2) is 0 Å². The molecule has 1 rings (SSSR count). The number of hydrogen-bond donors (Lipinski definition) is 0. The zero-order valence-electron chi connectivity index (χ0n) is 12.1. The maximum atomic E-state index is 5.38. The zero-order valence-corrected chi connectivity index (χ0v) is 13.7. The molecule has 1 aromatic carbocycles. The van der Waals surface area contributed by atoms with Gasteiger partial charge in [-0.1, -0.05) is 36.7 Å². The summed E-state index contributed by atoms with van der Waals surface area (Å²) in [5.74, 6) is 2.76. The van der Waals surface area contributed by atoms with E-state index in [-0.39, 0.29) is 0 Å². The first kappa shape index (κ1) is 15.4. The Morgan fingerprint density at radius 2 is 1.50 bits per heavy atom. The minimum atomic E-state index is 0.331. The largest absolute Gasteiger partial charge is 0.493 e. The molecule has 0 bridgehead atoms. The van der Waals surface area contributed by atoms with Crippen LogP contribution in [0.15, 0.2) is 12.1 Å². The highest BCUT2D eigenvalue weighted by atomic mass is 79.9. The number of aryl methyl sites for hydroxylation is 1. The molecule has 0 fully saturated rings. The van der Waals surface area contributed by atoms with Crippen molar-refractivity contribution < 1.29 is 9.47 Å². The molecule has 0 N–H and O–H groups in total. The maximum absolute atomic E-state index is 5.38. The highest BCUT2D eigenvalue weighted by Gasteiger charge is 2.22. The topological polar surface area (TPSA) is 18.5 Å². The lowest BCUT2D eigenvalue weighted by molar-refractivity contribution is 0.353. The molecule has 0 aliphatic rings. The van der Waals surface area contributed by atoms with Crippen molar-refractivity contribution in [1.82, 2.24) is 0 Å². The first-order chi connectivity index (χ1) is 8.42. The SMILES string of the molecule is COc1cc(C)c(C(Br)C(C)C(C)C)cc1OC. The van der Waals surface area contributed by atoms with Crippen LogP contribution in [0, 0.1) is 18.8 Å². The molecular weight excluding hydrogens is 292 g/mol. The lowest BCUT2D eigenvalue weighted by Crippen LogP contribution is -2.11.